The van der Waals surface area contributed by atoms with Crippen LogP contribution in [-0.2, 0) is 6.54 Å². The van der Waals surface area contributed by atoms with Gasteiger partial charge in [0, 0.05) is 6.20 Å². The van der Waals surface area contributed by atoms with Gasteiger partial charge in [-0.25, -0.2) is 4.79 Å². The van der Waals surface area contributed by atoms with Crippen molar-refractivity contribution in [2.75, 3.05) is 13.7 Å². The van der Waals surface area contributed by atoms with E-state index in [1.807, 2.05) is 12.1 Å². The third-order valence-corrected chi connectivity index (χ3v) is 3.19. The third kappa shape index (κ3) is 3.30. The van der Waals surface area contributed by atoms with Crippen molar-refractivity contribution in [3.63, 3.8) is 0 Å². The predicted molar refractivity (Wildman–Crippen MR) is 77.5 cm³/mol. The van der Waals surface area contributed by atoms with E-state index >= 15 is 0 Å². The number of benzene rings is 1. The fourth-order valence-corrected chi connectivity index (χ4v) is 1.99. The number of hydrogen-bond acceptors (Lipinski definition) is 4. The molecule has 0 aliphatic heterocycles. The molecule has 20 heavy (non-hydrogen) atoms. The maximum atomic E-state index is 11.6. The van der Waals surface area contributed by atoms with Crippen LogP contribution >= 0.6 is 15.9 Å². The number of hydrogen-bond donors (Lipinski definition) is 1. The molecule has 7 heteroatoms. The summed E-state index contributed by atoms with van der Waals surface area (Å²) in [4.78, 5) is 25.0. The number of nitrogens with one attached hydrogen (secondary N) is 1. The minimum absolute atomic E-state index is 0.277. The minimum Gasteiger partial charge on any atom is -0.493 e. The Hall–Kier alpha value is -2.02. The summed E-state index contributed by atoms with van der Waals surface area (Å²) in [6.07, 6.45) is 1.44. The summed E-state index contributed by atoms with van der Waals surface area (Å²) in [7, 11) is 1.56. The second kappa shape index (κ2) is 6.42. The quantitative estimate of drug-likeness (QED) is 0.892. The summed E-state index contributed by atoms with van der Waals surface area (Å²) in [5.74, 6) is 1.23. The molecule has 0 aliphatic carbocycles. The first-order chi connectivity index (χ1) is 9.61. The molecule has 2 aromatic rings. The van der Waals surface area contributed by atoms with Gasteiger partial charge in [0.1, 0.15) is 6.61 Å². The molecule has 0 saturated heterocycles. The molecule has 1 aromatic heterocycles. The van der Waals surface area contributed by atoms with Crippen LogP contribution in [0.1, 0.15) is 0 Å². The Balaban J connectivity index is 2.05. The first kappa shape index (κ1) is 14.4. The average molecular weight is 341 g/mol. The fourth-order valence-electron chi connectivity index (χ4n) is 1.64. The zero-order valence-electron chi connectivity index (χ0n) is 10.8. The van der Waals surface area contributed by atoms with Crippen LogP contribution in [0.3, 0.4) is 0 Å². The summed E-state index contributed by atoms with van der Waals surface area (Å²) < 4.78 is 12.4. The SMILES string of the molecule is COc1ccccc1OCCn1cc(Br)c(=O)[nH]c1=O. The number of nitrogens with zero attached hydrogens (tertiary/aromatic N) is 1. The van der Waals surface area contributed by atoms with Gasteiger partial charge in [0.15, 0.2) is 11.5 Å². The van der Waals surface area contributed by atoms with E-state index in [-0.39, 0.29) is 6.61 Å². The Morgan fingerprint density at radius 1 is 1.25 bits per heavy atom. The van der Waals surface area contributed by atoms with Gasteiger partial charge in [-0.2, -0.15) is 0 Å². The zero-order chi connectivity index (χ0) is 14.5. The molecule has 6 nitrogen and oxygen atoms in total. The Labute approximate surface area is 123 Å². The average Bonchev–Trinajstić information content (AvgIpc) is 2.45. The van der Waals surface area contributed by atoms with Crippen molar-refractivity contribution in [3.8, 4) is 11.5 Å². The summed E-state index contributed by atoms with van der Waals surface area (Å²) >= 11 is 3.08. The van der Waals surface area contributed by atoms with Gasteiger partial charge < -0.3 is 9.47 Å². The number of aromatic nitrogens is 2. The van der Waals surface area contributed by atoms with Crippen LogP contribution in [0.25, 0.3) is 0 Å². The molecule has 0 unspecified atom stereocenters. The van der Waals surface area contributed by atoms with Crippen LogP contribution in [0, 0.1) is 0 Å². The topological polar surface area (TPSA) is 73.3 Å². The molecule has 1 aromatic carbocycles. The molecule has 1 N–H and O–H groups in total. The van der Waals surface area contributed by atoms with Crippen molar-refractivity contribution >= 4 is 15.9 Å². The number of halogens is 1. The summed E-state index contributed by atoms with van der Waals surface area (Å²) in [6.45, 7) is 0.588. The van der Waals surface area contributed by atoms with Gasteiger partial charge in [-0.3, -0.25) is 14.3 Å². The summed E-state index contributed by atoms with van der Waals surface area (Å²) in [6, 6.07) is 7.25. The van der Waals surface area contributed by atoms with Gasteiger partial charge in [-0.05, 0) is 28.1 Å². The van der Waals surface area contributed by atoms with E-state index < -0.39 is 11.2 Å². The molecular formula is C13H13BrN2O4. The molecule has 0 saturated carbocycles. The Morgan fingerprint density at radius 3 is 2.65 bits per heavy atom. The first-order valence-electron chi connectivity index (χ1n) is 5.87. The normalized spacial score (nSPS) is 10.3. The lowest BCUT2D eigenvalue weighted by atomic mass is 10.3. The smallest absolute Gasteiger partial charge is 0.328 e. The molecular weight excluding hydrogens is 328 g/mol. The first-order valence-corrected chi connectivity index (χ1v) is 6.66. The van der Waals surface area contributed by atoms with Crippen LogP contribution in [0.4, 0.5) is 0 Å². The van der Waals surface area contributed by atoms with Crippen molar-refractivity contribution < 1.29 is 9.47 Å². The Morgan fingerprint density at radius 2 is 1.95 bits per heavy atom. The highest BCUT2D eigenvalue weighted by atomic mass is 79.9. The zero-order valence-corrected chi connectivity index (χ0v) is 12.3. The molecule has 0 radical (unpaired) electrons. The van der Waals surface area contributed by atoms with Crippen molar-refractivity contribution in [1.82, 2.24) is 9.55 Å². The molecule has 0 amide bonds. The molecule has 106 valence electrons. The van der Waals surface area contributed by atoms with Crippen molar-refractivity contribution in [3.05, 3.63) is 55.8 Å². The highest BCUT2D eigenvalue weighted by Gasteiger charge is 2.04. The Bertz CT molecular complexity index is 708. The summed E-state index contributed by atoms with van der Waals surface area (Å²) in [5.41, 5.74) is -0.918. The van der Waals surface area contributed by atoms with Gasteiger partial charge in [0.2, 0.25) is 0 Å². The molecule has 1 heterocycles. The predicted octanol–water partition coefficient (Wildman–Crippen LogP) is 1.39. The minimum atomic E-state index is -0.471. The lowest BCUT2D eigenvalue weighted by Gasteiger charge is -2.11. The number of aromatic amines is 1. The molecule has 0 spiro atoms. The van der Waals surface area contributed by atoms with Crippen LogP contribution in [0.15, 0.2) is 44.5 Å². The molecule has 0 fully saturated rings. The van der Waals surface area contributed by atoms with Crippen LogP contribution in [0.5, 0.6) is 11.5 Å². The van der Waals surface area contributed by atoms with Gasteiger partial charge in [-0.15, -0.1) is 0 Å². The number of ether oxygens (including phenoxy) is 2. The number of H-pyrrole nitrogens is 1. The maximum Gasteiger partial charge on any atom is 0.328 e. The molecule has 0 bridgehead atoms. The van der Waals surface area contributed by atoms with Crippen molar-refractivity contribution in [1.29, 1.82) is 0 Å². The fraction of sp³-hybridized carbons (Fsp3) is 0.231. The highest BCUT2D eigenvalue weighted by molar-refractivity contribution is 9.10. The van der Waals surface area contributed by atoms with E-state index in [9.17, 15) is 9.59 Å². The van der Waals surface area contributed by atoms with E-state index in [2.05, 4.69) is 20.9 Å². The van der Waals surface area contributed by atoms with E-state index in [4.69, 9.17) is 9.47 Å². The van der Waals surface area contributed by atoms with Crippen LogP contribution < -0.4 is 20.7 Å². The van der Waals surface area contributed by atoms with E-state index in [1.165, 1.54) is 10.8 Å². The molecule has 0 atom stereocenters. The van der Waals surface area contributed by atoms with E-state index in [1.54, 1.807) is 19.2 Å². The number of methoxy groups -OCH3 is 1. The van der Waals surface area contributed by atoms with Crippen molar-refractivity contribution in [2.24, 2.45) is 0 Å². The highest BCUT2D eigenvalue weighted by Crippen LogP contribution is 2.25. The third-order valence-electron chi connectivity index (χ3n) is 2.63. The molecule has 0 aliphatic rings. The summed E-state index contributed by atoms with van der Waals surface area (Å²) in [5, 5.41) is 0. The van der Waals surface area contributed by atoms with Crippen LogP contribution in [0.2, 0.25) is 0 Å². The van der Waals surface area contributed by atoms with Gasteiger partial charge in [0.05, 0.1) is 18.1 Å². The Kier molecular flexibility index (Phi) is 4.62. The molecule has 2 rings (SSSR count). The van der Waals surface area contributed by atoms with Crippen molar-refractivity contribution in [2.45, 2.75) is 6.54 Å². The van der Waals surface area contributed by atoms with Gasteiger partial charge in [-0.1, -0.05) is 12.1 Å². The van der Waals surface area contributed by atoms with E-state index in [0.717, 1.165) is 0 Å². The second-order valence-corrected chi connectivity index (χ2v) is 4.78. The number of rotatable bonds is 5. The number of para-hydroxylation sites is 2. The van der Waals surface area contributed by atoms with E-state index in [0.29, 0.717) is 22.5 Å². The lowest BCUT2D eigenvalue weighted by Crippen LogP contribution is -2.31. The monoisotopic (exact) mass is 340 g/mol. The largest absolute Gasteiger partial charge is 0.493 e. The lowest BCUT2D eigenvalue weighted by molar-refractivity contribution is 0.277. The maximum absolute atomic E-state index is 11.6. The van der Waals surface area contributed by atoms with Gasteiger partial charge in [0.25, 0.3) is 5.56 Å². The second-order valence-electron chi connectivity index (χ2n) is 3.93. The van der Waals surface area contributed by atoms with Crippen LogP contribution in [-0.4, -0.2) is 23.3 Å². The van der Waals surface area contributed by atoms with Gasteiger partial charge >= 0.3 is 5.69 Å². The standard InChI is InChI=1S/C13H13BrN2O4/c1-19-10-4-2-3-5-11(10)20-7-6-16-8-9(14)12(17)15-13(16)18/h2-5,8H,6-7H2,1H3,(H,15,17,18).